The van der Waals surface area contributed by atoms with Crippen molar-refractivity contribution in [1.82, 2.24) is 19.5 Å². The minimum absolute atomic E-state index is 0.191. The second kappa shape index (κ2) is 5.69. The summed E-state index contributed by atoms with van der Waals surface area (Å²) < 4.78 is 13.2. The summed E-state index contributed by atoms with van der Waals surface area (Å²) in [5, 5.41) is 0. The van der Waals surface area contributed by atoms with Crippen molar-refractivity contribution in [3.63, 3.8) is 0 Å². The van der Waals surface area contributed by atoms with Crippen molar-refractivity contribution in [3.8, 4) is 5.88 Å². The number of H-pyrrole nitrogens is 1. The molecule has 3 heterocycles. The van der Waals surface area contributed by atoms with Crippen LogP contribution in [0, 0.1) is 4.77 Å². The van der Waals surface area contributed by atoms with Crippen molar-refractivity contribution in [1.29, 1.82) is 0 Å². The molecule has 110 valence electrons. The lowest BCUT2D eigenvalue weighted by Gasteiger charge is -2.13. The number of rotatable bonds is 5. The number of nitrogens with one attached hydrogen (secondary N) is 1. The van der Waals surface area contributed by atoms with Crippen LogP contribution in [-0.4, -0.2) is 26.6 Å². The van der Waals surface area contributed by atoms with E-state index < -0.39 is 0 Å². The Hall–Kier alpha value is -2.15. The third-order valence-corrected chi connectivity index (χ3v) is 3.79. The van der Waals surface area contributed by atoms with Crippen LogP contribution in [0.2, 0.25) is 0 Å². The predicted molar refractivity (Wildman–Crippen MR) is 81.0 cm³/mol. The number of fused-ring (bicyclic) bond motifs is 1. The zero-order valence-electron chi connectivity index (χ0n) is 11.9. The molecule has 1 N–H and O–H groups in total. The fourth-order valence-electron chi connectivity index (χ4n) is 2.41. The first-order valence-electron chi connectivity index (χ1n) is 6.72. The smallest absolute Gasteiger partial charge is 0.242 e. The van der Waals surface area contributed by atoms with Gasteiger partial charge in [0.25, 0.3) is 0 Å². The number of furan rings is 1. The van der Waals surface area contributed by atoms with Crippen molar-refractivity contribution in [3.05, 3.63) is 35.3 Å². The van der Waals surface area contributed by atoms with Crippen LogP contribution in [0.5, 0.6) is 5.88 Å². The maximum absolute atomic E-state index is 5.41. The molecule has 1 atom stereocenters. The Bertz CT molecular complexity index is 791. The summed E-state index contributed by atoms with van der Waals surface area (Å²) in [6.45, 7) is 2.11. The van der Waals surface area contributed by atoms with Gasteiger partial charge in [-0.1, -0.05) is 0 Å². The molecule has 3 rings (SSSR count). The maximum atomic E-state index is 5.41. The highest BCUT2D eigenvalue weighted by molar-refractivity contribution is 7.71. The molecule has 21 heavy (non-hydrogen) atoms. The Morgan fingerprint density at radius 1 is 1.48 bits per heavy atom. The molecule has 0 saturated heterocycles. The third-order valence-electron chi connectivity index (χ3n) is 3.49. The molecule has 3 aromatic rings. The number of nitrogens with zero attached hydrogens (tertiary/aromatic N) is 3. The zero-order chi connectivity index (χ0) is 14.8. The van der Waals surface area contributed by atoms with Crippen LogP contribution in [0.1, 0.15) is 25.1 Å². The van der Waals surface area contributed by atoms with Gasteiger partial charge in [0.1, 0.15) is 17.6 Å². The second-order valence-corrected chi connectivity index (χ2v) is 5.24. The Morgan fingerprint density at radius 2 is 2.33 bits per heavy atom. The van der Waals surface area contributed by atoms with Gasteiger partial charge in [-0.3, -0.25) is 4.57 Å². The number of imidazole rings is 1. The van der Waals surface area contributed by atoms with E-state index in [4.69, 9.17) is 21.4 Å². The van der Waals surface area contributed by atoms with E-state index >= 15 is 0 Å². The molecule has 0 amide bonds. The van der Waals surface area contributed by atoms with Gasteiger partial charge in [-0.05, 0) is 37.7 Å². The van der Waals surface area contributed by atoms with Gasteiger partial charge in [-0.15, -0.1) is 0 Å². The average molecular weight is 304 g/mol. The van der Waals surface area contributed by atoms with Crippen LogP contribution in [0.3, 0.4) is 0 Å². The molecule has 0 fully saturated rings. The lowest BCUT2D eigenvalue weighted by molar-refractivity contribution is 0.401. The van der Waals surface area contributed by atoms with E-state index in [2.05, 4.69) is 21.9 Å². The first-order valence-corrected chi connectivity index (χ1v) is 7.13. The summed E-state index contributed by atoms with van der Waals surface area (Å²) in [4.78, 5) is 11.5. The van der Waals surface area contributed by atoms with Gasteiger partial charge in [0, 0.05) is 12.5 Å². The molecule has 0 bridgehead atoms. The van der Waals surface area contributed by atoms with Gasteiger partial charge in [0.15, 0.2) is 10.4 Å². The van der Waals surface area contributed by atoms with Crippen LogP contribution in [0.15, 0.2) is 29.1 Å². The Balaban J connectivity index is 1.92. The predicted octanol–water partition coefficient (Wildman–Crippen LogP) is 3.28. The summed E-state index contributed by atoms with van der Waals surface area (Å²) in [5.41, 5.74) is 1.49. The third kappa shape index (κ3) is 2.56. The van der Waals surface area contributed by atoms with Crippen molar-refractivity contribution in [2.45, 2.75) is 25.8 Å². The highest BCUT2D eigenvalue weighted by Crippen LogP contribution is 2.25. The molecule has 6 nitrogen and oxygen atoms in total. The van der Waals surface area contributed by atoms with Crippen molar-refractivity contribution in [2.24, 2.45) is 0 Å². The molecular weight excluding hydrogens is 288 g/mol. The van der Waals surface area contributed by atoms with E-state index in [1.165, 1.54) is 6.33 Å². The number of aryl methyl sites for hydroxylation is 1. The van der Waals surface area contributed by atoms with Crippen LogP contribution in [0.25, 0.3) is 11.2 Å². The number of hydrogen-bond donors (Lipinski definition) is 1. The van der Waals surface area contributed by atoms with E-state index in [1.54, 1.807) is 13.4 Å². The monoisotopic (exact) mass is 304 g/mol. The van der Waals surface area contributed by atoms with Gasteiger partial charge in [-0.25, -0.2) is 4.98 Å². The normalized spacial score (nSPS) is 12.7. The Labute approximate surface area is 126 Å². The summed E-state index contributed by atoms with van der Waals surface area (Å²) in [6, 6.07) is 4.07. The van der Waals surface area contributed by atoms with Crippen molar-refractivity contribution >= 4 is 23.4 Å². The number of ether oxygens (including phenoxy) is 1. The van der Waals surface area contributed by atoms with Crippen LogP contribution in [0.4, 0.5) is 0 Å². The summed E-state index contributed by atoms with van der Waals surface area (Å²) in [6.07, 6.45) is 4.93. The van der Waals surface area contributed by atoms with E-state index in [0.717, 1.165) is 29.8 Å². The van der Waals surface area contributed by atoms with Gasteiger partial charge >= 0.3 is 0 Å². The molecule has 0 aliphatic rings. The molecule has 1 unspecified atom stereocenters. The topological polar surface area (TPSA) is 68.9 Å². The van der Waals surface area contributed by atoms with E-state index in [-0.39, 0.29) is 6.04 Å². The van der Waals surface area contributed by atoms with Gasteiger partial charge in [-0.2, -0.15) is 4.98 Å². The van der Waals surface area contributed by atoms with Crippen LogP contribution < -0.4 is 4.74 Å². The zero-order valence-corrected chi connectivity index (χ0v) is 12.7. The maximum Gasteiger partial charge on any atom is 0.242 e. The minimum Gasteiger partial charge on any atom is -0.479 e. The molecule has 0 aliphatic carbocycles. The molecule has 0 saturated carbocycles. The summed E-state index contributed by atoms with van der Waals surface area (Å²) in [5.74, 6) is 1.48. The SMILES string of the molecule is COc1ncnc2c1[nH]c(=S)n2C(C)CCc1ccco1. The van der Waals surface area contributed by atoms with Gasteiger partial charge < -0.3 is 14.1 Å². The van der Waals surface area contributed by atoms with Gasteiger partial charge in [0.05, 0.1) is 13.4 Å². The molecule has 0 spiro atoms. The van der Waals surface area contributed by atoms with Crippen LogP contribution in [-0.2, 0) is 6.42 Å². The highest BCUT2D eigenvalue weighted by Gasteiger charge is 2.16. The Kier molecular flexibility index (Phi) is 3.74. The highest BCUT2D eigenvalue weighted by atomic mass is 32.1. The molecule has 3 aromatic heterocycles. The lowest BCUT2D eigenvalue weighted by Crippen LogP contribution is -2.07. The van der Waals surface area contributed by atoms with E-state index in [9.17, 15) is 0 Å². The Morgan fingerprint density at radius 3 is 3.05 bits per heavy atom. The van der Waals surface area contributed by atoms with Crippen molar-refractivity contribution < 1.29 is 9.15 Å². The first kappa shape index (κ1) is 13.8. The molecule has 7 heteroatoms. The van der Waals surface area contributed by atoms with Crippen molar-refractivity contribution in [2.75, 3.05) is 7.11 Å². The largest absolute Gasteiger partial charge is 0.479 e. The van der Waals surface area contributed by atoms with Gasteiger partial charge in [0.2, 0.25) is 5.88 Å². The van der Waals surface area contributed by atoms with E-state index in [1.807, 2.05) is 16.7 Å². The average Bonchev–Trinajstić information content (AvgIpc) is 3.10. The second-order valence-electron chi connectivity index (χ2n) is 4.85. The quantitative estimate of drug-likeness (QED) is 0.733. The minimum atomic E-state index is 0.191. The number of aromatic amines is 1. The number of hydrogen-bond acceptors (Lipinski definition) is 5. The molecular formula is C14H16N4O2S. The molecule has 0 aliphatic heterocycles. The molecule has 0 aromatic carbocycles. The summed E-state index contributed by atoms with van der Waals surface area (Å²) >= 11 is 5.41. The fraction of sp³-hybridized carbons (Fsp3) is 0.357. The standard InChI is InChI=1S/C14H16N4O2S/c1-9(5-6-10-4-3-7-20-10)18-12-11(17-14(18)21)13(19-2)16-8-15-12/h3-4,7-9H,5-6H2,1-2H3,(H,17,21). The van der Waals surface area contributed by atoms with Crippen LogP contribution >= 0.6 is 12.2 Å². The van der Waals surface area contributed by atoms with E-state index in [0.29, 0.717) is 10.7 Å². The summed E-state index contributed by atoms with van der Waals surface area (Å²) in [7, 11) is 1.58. The lowest BCUT2D eigenvalue weighted by atomic mass is 10.1. The first-order chi connectivity index (χ1) is 10.2. The number of aromatic nitrogens is 4. The number of methoxy groups -OCH3 is 1. The molecule has 0 radical (unpaired) electrons. The fourth-order valence-corrected chi connectivity index (χ4v) is 2.78.